The molecule has 2 rings (SSSR count). The standard InChI is InChI=1S/C10H14N4O/c1-7-4-6-15-10(7)9(13-11)8-3-5-12-14(8)2/h3-6,9,13H,11H2,1-2H3. The van der Waals surface area contributed by atoms with Crippen LogP contribution in [0.5, 0.6) is 0 Å². The molecule has 0 aliphatic carbocycles. The van der Waals surface area contributed by atoms with Crippen LogP contribution in [0.15, 0.2) is 29.0 Å². The van der Waals surface area contributed by atoms with E-state index in [-0.39, 0.29) is 6.04 Å². The molecule has 1 atom stereocenters. The number of hydrazine groups is 1. The van der Waals surface area contributed by atoms with E-state index in [1.165, 1.54) is 0 Å². The average molecular weight is 206 g/mol. The Morgan fingerprint density at radius 2 is 2.33 bits per heavy atom. The highest BCUT2D eigenvalue weighted by Gasteiger charge is 2.20. The lowest BCUT2D eigenvalue weighted by Gasteiger charge is -2.14. The van der Waals surface area contributed by atoms with E-state index in [9.17, 15) is 0 Å². The Labute approximate surface area is 87.8 Å². The fourth-order valence-corrected chi connectivity index (χ4v) is 1.64. The SMILES string of the molecule is Cc1ccoc1C(NN)c1ccnn1C. The third-order valence-electron chi connectivity index (χ3n) is 2.49. The maximum atomic E-state index is 5.54. The van der Waals surface area contributed by atoms with Crippen molar-refractivity contribution < 1.29 is 4.42 Å². The third kappa shape index (κ3) is 1.67. The van der Waals surface area contributed by atoms with Gasteiger partial charge in [0.05, 0.1) is 12.0 Å². The molecule has 15 heavy (non-hydrogen) atoms. The second kappa shape index (κ2) is 3.88. The number of hydrogen-bond donors (Lipinski definition) is 2. The van der Waals surface area contributed by atoms with E-state index in [1.807, 2.05) is 26.1 Å². The van der Waals surface area contributed by atoms with E-state index < -0.39 is 0 Å². The third-order valence-corrected chi connectivity index (χ3v) is 2.49. The first kappa shape index (κ1) is 9.95. The van der Waals surface area contributed by atoms with Crippen LogP contribution in [0.3, 0.4) is 0 Å². The van der Waals surface area contributed by atoms with Crippen LogP contribution in [-0.2, 0) is 7.05 Å². The number of aryl methyl sites for hydroxylation is 2. The monoisotopic (exact) mass is 206 g/mol. The fourth-order valence-electron chi connectivity index (χ4n) is 1.64. The summed E-state index contributed by atoms with van der Waals surface area (Å²) >= 11 is 0. The van der Waals surface area contributed by atoms with Crippen molar-refractivity contribution in [3.63, 3.8) is 0 Å². The van der Waals surface area contributed by atoms with Crippen LogP contribution in [0.4, 0.5) is 0 Å². The molecular formula is C10H14N4O. The van der Waals surface area contributed by atoms with E-state index in [2.05, 4.69) is 10.5 Å². The Hall–Kier alpha value is -1.59. The van der Waals surface area contributed by atoms with Crippen molar-refractivity contribution >= 4 is 0 Å². The maximum Gasteiger partial charge on any atom is 0.130 e. The number of furan rings is 1. The van der Waals surface area contributed by atoms with E-state index in [0.717, 1.165) is 17.0 Å². The van der Waals surface area contributed by atoms with Crippen molar-refractivity contribution in [2.75, 3.05) is 0 Å². The van der Waals surface area contributed by atoms with E-state index in [0.29, 0.717) is 0 Å². The molecule has 0 amide bonds. The topological polar surface area (TPSA) is 69.0 Å². The predicted molar refractivity (Wildman–Crippen MR) is 55.8 cm³/mol. The van der Waals surface area contributed by atoms with Gasteiger partial charge in [-0.15, -0.1) is 0 Å². The summed E-state index contributed by atoms with van der Waals surface area (Å²) in [5.41, 5.74) is 4.77. The van der Waals surface area contributed by atoms with Gasteiger partial charge in [0, 0.05) is 13.2 Å². The minimum Gasteiger partial charge on any atom is -0.467 e. The minimum absolute atomic E-state index is 0.160. The van der Waals surface area contributed by atoms with Gasteiger partial charge in [-0.1, -0.05) is 0 Å². The first-order valence-corrected chi connectivity index (χ1v) is 4.72. The highest BCUT2D eigenvalue weighted by atomic mass is 16.3. The van der Waals surface area contributed by atoms with Crippen molar-refractivity contribution in [2.24, 2.45) is 12.9 Å². The van der Waals surface area contributed by atoms with Crippen molar-refractivity contribution in [1.29, 1.82) is 0 Å². The van der Waals surface area contributed by atoms with Gasteiger partial charge in [-0.2, -0.15) is 5.10 Å². The second-order valence-electron chi connectivity index (χ2n) is 3.45. The van der Waals surface area contributed by atoms with Crippen molar-refractivity contribution in [2.45, 2.75) is 13.0 Å². The number of hydrogen-bond acceptors (Lipinski definition) is 4. The Balaban J connectivity index is 2.41. The summed E-state index contributed by atoms with van der Waals surface area (Å²) in [7, 11) is 1.87. The van der Waals surface area contributed by atoms with Gasteiger partial charge >= 0.3 is 0 Å². The molecule has 0 bridgehead atoms. The van der Waals surface area contributed by atoms with E-state index in [4.69, 9.17) is 10.3 Å². The molecule has 0 aliphatic heterocycles. The van der Waals surface area contributed by atoms with Gasteiger partial charge in [0.2, 0.25) is 0 Å². The van der Waals surface area contributed by atoms with Crippen LogP contribution in [-0.4, -0.2) is 9.78 Å². The summed E-state index contributed by atoms with van der Waals surface area (Å²) in [4.78, 5) is 0. The van der Waals surface area contributed by atoms with Gasteiger partial charge in [-0.3, -0.25) is 10.5 Å². The zero-order chi connectivity index (χ0) is 10.8. The van der Waals surface area contributed by atoms with Crippen LogP contribution in [0.25, 0.3) is 0 Å². The molecule has 0 radical (unpaired) electrons. The molecule has 5 nitrogen and oxygen atoms in total. The van der Waals surface area contributed by atoms with Gasteiger partial charge in [-0.25, -0.2) is 5.43 Å². The molecule has 0 saturated heterocycles. The Bertz CT molecular complexity index is 405. The van der Waals surface area contributed by atoms with Gasteiger partial charge in [0.25, 0.3) is 0 Å². The summed E-state index contributed by atoms with van der Waals surface area (Å²) in [6.07, 6.45) is 3.39. The maximum absolute atomic E-state index is 5.54. The second-order valence-corrected chi connectivity index (χ2v) is 3.45. The molecule has 3 N–H and O–H groups in total. The Morgan fingerprint density at radius 3 is 2.80 bits per heavy atom. The lowest BCUT2D eigenvalue weighted by molar-refractivity contribution is 0.435. The number of rotatable bonds is 3. The van der Waals surface area contributed by atoms with Crippen molar-refractivity contribution in [3.8, 4) is 0 Å². The summed E-state index contributed by atoms with van der Waals surface area (Å²) in [5.74, 6) is 6.36. The molecule has 80 valence electrons. The van der Waals surface area contributed by atoms with Gasteiger partial charge in [0.1, 0.15) is 11.8 Å². The zero-order valence-corrected chi connectivity index (χ0v) is 8.77. The summed E-state index contributed by atoms with van der Waals surface area (Å²) in [6.45, 7) is 1.99. The van der Waals surface area contributed by atoms with Crippen molar-refractivity contribution in [3.05, 3.63) is 41.6 Å². The van der Waals surface area contributed by atoms with Gasteiger partial charge < -0.3 is 4.42 Å². The van der Waals surface area contributed by atoms with Crippen LogP contribution in [0.1, 0.15) is 23.1 Å². The molecule has 0 spiro atoms. The Kier molecular flexibility index (Phi) is 2.57. The lowest BCUT2D eigenvalue weighted by atomic mass is 10.1. The minimum atomic E-state index is -0.160. The van der Waals surface area contributed by atoms with Gasteiger partial charge in [0.15, 0.2) is 0 Å². The molecule has 0 saturated carbocycles. The molecule has 2 aromatic rings. The van der Waals surface area contributed by atoms with Crippen LogP contribution >= 0.6 is 0 Å². The quantitative estimate of drug-likeness (QED) is 0.577. The summed E-state index contributed by atoms with van der Waals surface area (Å²) < 4.78 is 7.18. The number of aromatic nitrogens is 2. The molecule has 5 heteroatoms. The normalized spacial score (nSPS) is 13.0. The van der Waals surface area contributed by atoms with E-state index >= 15 is 0 Å². The van der Waals surface area contributed by atoms with Gasteiger partial charge in [-0.05, 0) is 24.6 Å². The average Bonchev–Trinajstić information content (AvgIpc) is 2.80. The molecule has 2 aromatic heterocycles. The molecular weight excluding hydrogens is 192 g/mol. The molecule has 1 unspecified atom stereocenters. The number of nitrogens with zero attached hydrogens (tertiary/aromatic N) is 2. The lowest BCUT2D eigenvalue weighted by Crippen LogP contribution is -2.30. The highest BCUT2D eigenvalue weighted by Crippen LogP contribution is 2.24. The van der Waals surface area contributed by atoms with Crippen LogP contribution < -0.4 is 11.3 Å². The number of nitrogens with one attached hydrogen (secondary N) is 1. The molecule has 0 aliphatic rings. The predicted octanol–water partition coefficient (Wildman–Crippen LogP) is 0.874. The van der Waals surface area contributed by atoms with Crippen LogP contribution in [0.2, 0.25) is 0 Å². The van der Waals surface area contributed by atoms with E-state index in [1.54, 1.807) is 17.1 Å². The van der Waals surface area contributed by atoms with Crippen LogP contribution in [0, 0.1) is 6.92 Å². The first-order chi connectivity index (χ1) is 7.24. The highest BCUT2D eigenvalue weighted by molar-refractivity contribution is 5.26. The fraction of sp³-hybridized carbons (Fsp3) is 0.300. The summed E-state index contributed by atoms with van der Waals surface area (Å²) in [6, 6.07) is 3.66. The molecule has 2 heterocycles. The molecule has 0 aromatic carbocycles. The number of nitrogens with two attached hydrogens (primary N) is 1. The van der Waals surface area contributed by atoms with Crippen molar-refractivity contribution in [1.82, 2.24) is 15.2 Å². The zero-order valence-electron chi connectivity index (χ0n) is 8.77. The largest absolute Gasteiger partial charge is 0.467 e. The smallest absolute Gasteiger partial charge is 0.130 e. The summed E-state index contributed by atoms with van der Waals surface area (Å²) in [5, 5.41) is 4.10. The Morgan fingerprint density at radius 1 is 1.53 bits per heavy atom. The first-order valence-electron chi connectivity index (χ1n) is 4.72. The molecule has 0 fully saturated rings.